The van der Waals surface area contributed by atoms with Crippen molar-refractivity contribution in [2.24, 2.45) is 0 Å². The van der Waals surface area contributed by atoms with Gasteiger partial charge >= 0.3 is 0 Å². The first-order valence-electron chi connectivity index (χ1n) is 9.96. The van der Waals surface area contributed by atoms with Crippen LogP contribution in [-0.4, -0.2) is 20.1 Å². The molecule has 3 aromatic rings. The Bertz CT molecular complexity index is 1340. The second-order valence-electron chi connectivity index (χ2n) is 7.02. The van der Waals surface area contributed by atoms with Crippen LogP contribution in [0, 0.1) is 11.3 Å². The van der Waals surface area contributed by atoms with Gasteiger partial charge in [-0.1, -0.05) is 56.8 Å². The van der Waals surface area contributed by atoms with Crippen LogP contribution in [0.3, 0.4) is 0 Å². The molecule has 1 amide bonds. The topological polar surface area (TPSA) is 80.6 Å². The van der Waals surface area contributed by atoms with Gasteiger partial charge in [0.25, 0.3) is 5.91 Å². The van der Waals surface area contributed by atoms with E-state index < -0.39 is 5.91 Å². The summed E-state index contributed by atoms with van der Waals surface area (Å²) in [6, 6.07) is 15.3. The minimum absolute atomic E-state index is 0.159. The van der Waals surface area contributed by atoms with Crippen LogP contribution in [0.1, 0.15) is 11.1 Å². The summed E-state index contributed by atoms with van der Waals surface area (Å²) in [6.07, 6.45) is 1.43. The molecule has 3 aromatic carbocycles. The predicted octanol–water partition coefficient (Wildman–Crippen LogP) is 7.55. The van der Waals surface area contributed by atoms with Gasteiger partial charge in [-0.05, 0) is 36.4 Å². The number of nitriles is 1. The normalized spacial score (nSPS) is 10.9. The van der Waals surface area contributed by atoms with Crippen LogP contribution in [0.4, 0.5) is 5.69 Å². The first-order valence-corrected chi connectivity index (χ1v) is 11.9. The number of amides is 1. The van der Waals surface area contributed by atoms with Crippen molar-refractivity contribution in [3.8, 4) is 23.3 Å². The summed E-state index contributed by atoms with van der Waals surface area (Å²) in [5, 5.41) is 13.7. The molecular weight excluding hydrogens is 579 g/mol. The van der Waals surface area contributed by atoms with Crippen LogP contribution >= 0.6 is 50.7 Å². The number of hydrogen-bond acceptors (Lipinski definition) is 5. The van der Waals surface area contributed by atoms with Crippen molar-refractivity contribution in [3.05, 3.63) is 84.8 Å². The number of ether oxygens (including phenoxy) is 3. The van der Waals surface area contributed by atoms with Gasteiger partial charge in [-0.25, -0.2) is 0 Å². The van der Waals surface area contributed by atoms with Gasteiger partial charge in [0.1, 0.15) is 35.5 Å². The summed E-state index contributed by atoms with van der Waals surface area (Å²) in [4.78, 5) is 12.9. The highest BCUT2D eigenvalue weighted by molar-refractivity contribution is 9.10. The van der Waals surface area contributed by atoms with E-state index in [0.29, 0.717) is 43.6 Å². The highest BCUT2D eigenvalue weighted by Crippen LogP contribution is 2.36. The minimum Gasteiger partial charge on any atom is -0.495 e. The molecule has 180 valence electrons. The number of rotatable bonds is 8. The predicted molar refractivity (Wildman–Crippen MR) is 142 cm³/mol. The number of halogens is 4. The van der Waals surface area contributed by atoms with Gasteiger partial charge in [-0.15, -0.1) is 0 Å². The summed E-state index contributed by atoms with van der Waals surface area (Å²) < 4.78 is 17.2. The lowest BCUT2D eigenvalue weighted by molar-refractivity contribution is -0.112. The third-order valence-electron chi connectivity index (χ3n) is 4.76. The molecule has 0 saturated carbocycles. The molecule has 0 saturated heterocycles. The highest BCUT2D eigenvalue weighted by atomic mass is 79.9. The number of nitrogens with zero attached hydrogens (tertiary/aromatic N) is 1. The largest absolute Gasteiger partial charge is 0.495 e. The lowest BCUT2D eigenvalue weighted by atomic mass is 10.1. The lowest BCUT2D eigenvalue weighted by Crippen LogP contribution is -2.14. The van der Waals surface area contributed by atoms with Crippen LogP contribution < -0.4 is 19.5 Å². The average molecular weight is 597 g/mol. The second-order valence-corrected chi connectivity index (χ2v) is 9.18. The SMILES string of the molecule is COc1cc(NC(=O)/C(C#N)=C/c2cc(Br)ccc2OCc2ccc(Cl)cc2Cl)c(OC)cc1Cl. The number of carbonyl (C=O) groups excluding carboxylic acids is 1. The molecule has 0 aliphatic rings. The monoisotopic (exact) mass is 594 g/mol. The Morgan fingerprint density at radius 2 is 1.74 bits per heavy atom. The minimum atomic E-state index is -0.651. The molecule has 0 aliphatic heterocycles. The molecule has 0 aromatic heterocycles. The number of carbonyl (C=O) groups is 1. The van der Waals surface area contributed by atoms with Crippen molar-refractivity contribution in [1.82, 2.24) is 0 Å². The fraction of sp³-hybridized carbons (Fsp3) is 0.120. The molecule has 3 rings (SSSR count). The van der Waals surface area contributed by atoms with E-state index in [4.69, 9.17) is 49.0 Å². The molecule has 0 aliphatic carbocycles. The third-order valence-corrected chi connectivity index (χ3v) is 6.13. The van der Waals surface area contributed by atoms with Crippen molar-refractivity contribution in [3.63, 3.8) is 0 Å². The highest BCUT2D eigenvalue weighted by Gasteiger charge is 2.17. The van der Waals surface area contributed by atoms with E-state index in [-0.39, 0.29) is 12.2 Å². The van der Waals surface area contributed by atoms with Crippen molar-refractivity contribution in [1.29, 1.82) is 5.26 Å². The molecule has 10 heteroatoms. The molecular formula is C25H18BrCl3N2O4. The summed E-state index contributed by atoms with van der Waals surface area (Å²) in [5.74, 6) is 0.453. The van der Waals surface area contributed by atoms with E-state index in [1.807, 2.05) is 6.07 Å². The van der Waals surface area contributed by atoms with Crippen molar-refractivity contribution < 1.29 is 19.0 Å². The Morgan fingerprint density at radius 1 is 1.00 bits per heavy atom. The fourth-order valence-corrected chi connectivity index (χ4v) is 4.08. The van der Waals surface area contributed by atoms with Gasteiger partial charge in [0.2, 0.25) is 0 Å². The molecule has 0 fully saturated rings. The average Bonchev–Trinajstić information content (AvgIpc) is 2.83. The zero-order valence-corrected chi connectivity index (χ0v) is 22.3. The first-order chi connectivity index (χ1) is 16.7. The summed E-state index contributed by atoms with van der Waals surface area (Å²) in [6.45, 7) is 0.161. The number of methoxy groups -OCH3 is 2. The maximum Gasteiger partial charge on any atom is 0.266 e. The van der Waals surface area contributed by atoms with Crippen LogP contribution in [0.2, 0.25) is 15.1 Å². The Labute approximate surface area is 226 Å². The molecule has 0 heterocycles. The second kappa shape index (κ2) is 12.2. The Kier molecular flexibility index (Phi) is 9.30. The van der Waals surface area contributed by atoms with E-state index in [1.165, 1.54) is 32.4 Å². The number of nitrogens with one attached hydrogen (secondary N) is 1. The van der Waals surface area contributed by atoms with Crippen LogP contribution in [0.5, 0.6) is 17.2 Å². The zero-order valence-electron chi connectivity index (χ0n) is 18.5. The smallest absolute Gasteiger partial charge is 0.266 e. The van der Waals surface area contributed by atoms with Gasteiger partial charge in [-0.2, -0.15) is 5.26 Å². The van der Waals surface area contributed by atoms with Crippen LogP contribution in [0.25, 0.3) is 6.08 Å². The van der Waals surface area contributed by atoms with E-state index in [1.54, 1.807) is 36.4 Å². The number of benzene rings is 3. The summed E-state index contributed by atoms with van der Waals surface area (Å²) in [5.41, 5.74) is 1.38. The molecule has 0 unspecified atom stereocenters. The van der Waals surface area contributed by atoms with Gasteiger partial charge in [-0.3, -0.25) is 4.79 Å². The fourth-order valence-electron chi connectivity index (χ4n) is 3.01. The molecule has 0 spiro atoms. The van der Waals surface area contributed by atoms with E-state index in [0.717, 1.165) is 10.0 Å². The van der Waals surface area contributed by atoms with Crippen molar-refractivity contribution in [2.45, 2.75) is 6.61 Å². The van der Waals surface area contributed by atoms with Crippen LogP contribution in [-0.2, 0) is 11.4 Å². The van der Waals surface area contributed by atoms with Gasteiger partial charge < -0.3 is 19.5 Å². The van der Waals surface area contributed by atoms with Crippen molar-refractivity contribution in [2.75, 3.05) is 19.5 Å². The van der Waals surface area contributed by atoms with Crippen LogP contribution in [0.15, 0.2) is 58.6 Å². The Hall–Kier alpha value is -2.89. The van der Waals surface area contributed by atoms with E-state index in [9.17, 15) is 10.1 Å². The molecule has 0 radical (unpaired) electrons. The first kappa shape index (κ1) is 26.7. The standard InChI is InChI=1S/C25H18BrCl3N2O4/c1-33-23-11-21(24(34-2)10-20(23)29)31-25(32)16(12-30)7-15-8-17(26)4-6-22(15)35-13-14-3-5-18(27)9-19(14)28/h3-11H,13H2,1-2H3,(H,31,32)/b16-7+. The quantitative estimate of drug-likeness (QED) is 0.215. The number of hydrogen-bond donors (Lipinski definition) is 1. The van der Waals surface area contributed by atoms with Crippen molar-refractivity contribution >= 4 is 68.4 Å². The Morgan fingerprint density at radius 3 is 2.40 bits per heavy atom. The number of anilines is 1. The van der Waals surface area contributed by atoms with E-state index >= 15 is 0 Å². The lowest BCUT2D eigenvalue weighted by Gasteiger charge is -2.13. The molecule has 0 bridgehead atoms. The van der Waals surface area contributed by atoms with Gasteiger partial charge in [0, 0.05) is 37.8 Å². The zero-order chi connectivity index (χ0) is 25.5. The molecule has 35 heavy (non-hydrogen) atoms. The Balaban J connectivity index is 1.89. The van der Waals surface area contributed by atoms with E-state index in [2.05, 4.69) is 21.2 Å². The molecule has 1 N–H and O–H groups in total. The van der Waals surface area contributed by atoms with Gasteiger partial charge in [0.15, 0.2) is 0 Å². The third kappa shape index (κ3) is 6.83. The maximum absolute atomic E-state index is 12.9. The summed E-state index contributed by atoms with van der Waals surface area (Å²) in [7, 11) is 2.89. The molecule has 0 atom stereocenters. The van der Waals surface area contributed by atoms with Gasteiger partial charge in [0.05, 0.1) is 24.9 Å². The molecule has 6 nitrogen and oxygen atoms in total. The summed E-state index contributed by atoms with van der Waals surface area (Å²) >= 11 is 21.7. The maximum atomic E-state index is 12.9.